The first-order valence-corrected chi connectivity index (χ1v) is 15.5. The van der Waals surface area contributed by atoms with Crippen LogP contribution in [0, 0.1) is 5.21 Å². The highest BCUT2D eigenvalue weighted by molar-refractivity contribution is 6.00. The molecule has 2 aromatic carbocycles. The molecule has 43 heavy (non-hydrogen) atoms. The Morgan fingerprint density at radius 3 is 1.47 bits per heavy atom. The van der Waals surface area contributed by atoms with Crippen LogP contribution in [0.5, 0.6) is 0 Å². The topological polar surface area (TPSA) is 64.5 Å². The molecule has 0 aliphatic carbocycles. The van der Waals surface area contributed by atoms with Gasteiger partial charge in [-0.15, -0.1) is 0 Å². The highest BCUT2D eigenvalue weighted by atomic mass is 16.5. The average Bonchev–Trinajstić information content (AvgIpc) is 2.96. The van der Waals surface area contributed by atoms with Crippen molar-refractivity contribution in [3.05, 3.63) is 112 Å². The van der Waals surface area contributed by atoms with Crippen LogP contribution >= 0.6 is 0 Å². The van der Waals surface area contributed by atoms with Gasteiger partial charge in [0.15, 0.2) is 0 Å². The molecule has 0 aliphatic rings. The Bertz CT molecular complexity index is 1610. The van der Waals surface area contributed by atoms with Crippen molar-refractivity contribution in [3.8, 4) is 11.4 Å². The average molecular weight is 575 g/mol. The number of rotatable bonds is 9. The van der Waals surface area contributed by atoms with E-state index in [1.165, 1.54) is 22.3 Å². The van der Waals surface area contributed by atoms with Gasteiger partial charge in [0.1, 0.15) is 11.4 Å². The van der Waals surface area contributed by atoms with Crippen LogP contribution in [0.25, 0.3) is 11.4 Å². The Morgan fingerprint density at radius 1 is 0.581 bits per heavy atom. The summed E-state index contributed by atoms with van der Waals surface area (Å²) in [6, 6.07) is 24.1. The zero-order chi connectivity index (χ0) is 31.4. The Balaban J connectivity index is 1.78. The van der Waals surface area contributed by atoms with E-state index < -0.39 is 0 Å². The molecule has 0 spiro atoms. The van der Waals surface area contributed by atoms with Crippen LogP contribution < -0.4 is 4.73 Å². The van der Waals surface area contributed by atoms with Crippen molar-refractivity contribution in [1.82, 2.24) is 4.98 Å². The van der Waals surface area contributed by atoms with E-state index in [0.717, 1.165) is 27.5 Å². The van der Waals surface area contributed by atoms with Crippen LogP contribution in [0.2, 0.25) is 0 Å². The summed E-state index contributed by atoms with van der Waals surface area (Å²) in [5.41, 5.74) is 10.6. The lowest BCUT2D eigenvalue weighted by Gasteiger charge is -2.17. The Hall–Kier alpha value is -4.12. The molecule has 0 saturated carbocycles. The lowest BCUT2D eigenvalue weighted by atomic mass is 9.93. The first-order chi connectivity index (χ1) is 20.4. The maximum Gasteiger partial charge on any atom is 0.242 e. The van der Waals surface area contributed by atoms with Crippen molar-refractivity contribution in [2.75, 3.05) is 0 Å². The van der Waals surface area contributed by atoms with Crippen molar-refractivity contribution in [3.63, 3.8) is 0 Å². The maximum atomic E-state index is 13.8. The Morgan fingerprint density at radius 2 is 1.00 bits per heavy atom. The molecule has 0 unspecified atom stereocenters. The van der Waals surface area contributed by atoms with E-state index in [2.05, 4.69) is 91.8 Å². The summed E-state index contributed by atoms with van der Waals surface area (Å²) >= 11 is 0. The van der Waals surface area contributed by atoms with Crippen LogP contribution in [0.1, 0.15) is 127 Å². The van der Waals surface area contributed by atoms with E-state index in [-0.39, 0.29) is 0 Å². The van der Waals surface area contributed by atoms with Crippen LogP contribution in [0.4, 0.5) is 11.4 Å². The second-order valence-electron chi connectivity index (χ2n) is 12.6. The standard InChI is InChI=1S/C38H46N4O/c1-23(2)29-15-11-16-30(24(3)4)37(29)39-27(9)33-19-13-20-34(41-33)36-22-14-21-35(42(36)43)28(10)40-38-31(25(5)6)17-12-18-32(38)26(7)8/h11-26H,1-10H3. The summed E-state index contributed by atoms with van der Waals surface area (Å²) in [5, 5.41) is 13.8. The minimum atomic E-state index is 0.317. The van der Waals surface area contributed by atoms with Gasteiger partial charge in [-0.3, -0.25) is 4.99 Å². The summed E-state index contributed by atoms with van der Waals surface area (Å²) in [4.78, 5) is 15.1. The van der Waals surface area contributed by atoms with E-state index in [1.807, 2.05) is 50.2 Å². The van der Waals surface area contributed by atoms with Crippen molar-refractivity contribution >= 4 is 22.8 Å². The third kappa shape index (κ3) is 6.93. The van der Waals surface area contributed by atoms with Crippen LogP contribution in [-0.2, 0) is 0 Å². The second-order valence-corrected chi connectivity index (χ2v) is 12.6. The molecular formula is C38H46N4O. The van der Waals surface area contributed by atoms with Crippen LogP contribution in [-0.4, -0.2) is 16.4 Å². The summed E-state index contributed by atoms with van der Waals surface area (Å²) in [7, 11) is 0. The maximum absolute atomic E-state index is 13.8. The second kappa shape index (κ2) is 13.5. The van der Waals surface area contributed by atoms with Crippen molar-refractivity contribution in [2.45, 2.75) is 92.9 Å². The minimum absolute atomic E-state index is 0.317. The van der Waals surface area contributed by atoms with E-state index in [9.17, 15) is 5.21 Å². The first-order valence-electron chi connectivity index (χ1n) is 15.5. The van der Waals surface area contributed by atoms with Gasteiger partial charge >= 0.3 is 0 Å². The summed E-state index contributed by atoms with van der Waals surface area (Å²) in [5.74, 6) is 1.33. The normalized spacial score (nSPS) is 12.7. The lowest BCUT2D eigenvalue weighted by Crippen LogP contribution is -2.36. The van der Waals surface area contributed by atoms with Gasteiger partial charge in [0.25, 0.3) is 0 Å². The highest BCUT2D eigenvalue weighted by Crippen LogP contribution is 2.36. The van der Waals surface area contributed by atoms with Gasteiger partial charge in [-0.2, -0.15) is 4.73 Å². The van der Waals surface area contributed by atoms with Gasteiger partial charge in [0, 0.05) is 12.1 Å². The van der Waals surface area contributed by atoms with E-state index in [1.54, 1.807) is 0 Å². The molecule has 0 N–H and O–H groups in total. The zero-order valence-electron chi connectivity index (χ0n) is 27.4. The summed E-state index contributed by atoms with van der Waals surface area (Å²) in [6.45, 7) is 21.4. The number of benzene rings is 2. The fourth-order valence-corrected chi connectivity index (χ4v) is 5.46. The molecule has 0 amide bonds. The quantitative estimate of drug-likeness (QED) is 0.113. The monoisotopic (exact) mass is 574 g/mol. The number of nitrogens with zero attached hydrogens (tertiary/aromatic N) is 4. The smallest absolute Gasteiger partial charge is 0.242 e. The van der Waals surface area contributed by atoms with Gasteiger partial charge in [0.05, 0.1) is 22.8 Å². The molecular weight excluding hydrogens is 528 g/mol. The fraction of sp³-hybridized carbons (Fsp3) is 0.368. The molecule has 224 valence electrons. The third-order valence-electron chi connectivity index (χ3n) is 7.94. The lowest BCUT2D eigenvalue weighted by molar-refractivity contribution is -0.595. The van der Waals surface area contributed by atoms with E-state index in [4.69, 9.17) is 15.0 Å². The Kier molecular flexibility index (Phi) is 9.95. The Labute approximate surface area is 258 Å². The molecule has 0 saturated heterocycles. The van der Waals surface area contributed by atoms with Gasteiger partial charge in [-0.1, -0.05) is 97.9 Å². The number of aromatic nitrogens is 2. The largest absolute Gasteiger partial charge is 0.618 e. The summed E-state index contributed by atoms with van der Waals surface area (Å²) in [6.07, 6.45) is 0. The first kappa shape index (κ1) is 31.8. The number of aliphatic imine (C=N–C) groups is 2. The van der Waals surface area contributed by atoms with Crippen molar-refractivity contribution in [1.29, 1.82) is 0 Å². The van der Waals surface area contributed by atoms with Gasteiger partial charge < -0.3 is 5.21 Å². The predicted molar refractivity (Wildman–Crippen MR) is 182 cm³/mol. The molecule has 5 heteroatoms. The molecule has 0 radical (unpaired) electrons. The van der Waals surface area contributed by atoms with Gasteiger partial charge in [-0.25, -0.2) is 9.98 Å². The number of para-hydroxylation sites is 2. The van der Waals surface area contributed by atoms with Crippen molar-refractivity contribution in [2.24, 2.45) is 9.98 Å². The van der Waals surface area contributed by atoms with Gasteiger partial charge in [0.2, 0.25) is 11.4 Å². The molecule has 0 fully saturated rings. The molecule has 4 rings (SSSR count). The molecule has 5 nitrogen and oxygen atoms in total. The molecule has 2 aromatic heterocycles. The van der Waals surface area contributed by atoms with E-state index in [0.29, 0.717) is 46.5 Å². The number of hydrogen-bond acceptors (Lipinski definition) is 4. The summed E-state index contributed by atoms with van der Waals surface area (Å²) < 4.78 is 0.954. The molecule has 4 aromatic rings. The molecule has 2 heterocycles. The fourth-order valence-electron chi connectivity index (χ4n) is 5.46. The zero-order valence-corrected chi connectivity index (χ0v) is 27.4. The number of pyridine rings is 2. The van der Waals surface area contributed by atoms with Crippen LogP contribution in [0.3, 0.4) is 0 Å². The van der Waals surface area contributed by atoms with Crippen molar-refractivity contribution < 1.29 is 4.73 Å². The molecule has 0 atom stereocenters. The number of hydrogen-bond donors (Lipinski definition) is 0. The molecule has 0 aliphatic heterocycles. The third-order valence-corrected chi connectivity index (χ3v) is 7.94. The van der Waals surface area contributed by atoms with Crippen LogP contribution in [0.15, 0.2) is 82.8 Å². The SMILES string of the molecule is CC(=Nc1c(C(C)C)cccc1C(C)C)c1cccc(-c2cccc(C(C)=Nc3c(C(C)C)cccc3C(C)C)[n+]2[O-])n1. The molecule has 0 bridgehead atoms. The van der Waals surface area contributed by atoms with E-state index >= 15 is 0 Å². The van der Waals surface area contributed by atoms with Gasteiger partial charge in [-0.05, 0) is 78.0 Å². The minimum Gasteiger partial charge on any atom is -0.618 e. The predicted octanol–water partition coefficient (Wildman–Crippen LogP) is 10.2. The highest BCUT2D eigenvalue weighted by Gasteiger charge is 2.20.